The summed E-state index contributed by atoms with van der Waals surface area (Å²) < 4.78 is 0. The number of amides is 4. The summed E-state index contributed by atoms with van der Waals surface area (Å²) in [5.74, 6) is 0.0209. The van der Waals surface area contributed by atoms with Gasteiger partial charge in [0, 0.05) is 13.1 Å². The Morgan fingerprint density at radius 2 is 1.85 bits per heavy atom. The minimum Gasteiger partial charge on any atom is -0.353 e. The van der Waals surface area contributed by atoms with Gasteiger partial charge in [-0.3, -0.25) is 14.5 Å². The molecule has 4 amide bonds. The van der Waals surface area contributed by atoms with Crippen LogP contribution in [0, 0.1) is 11.3 Å². The lowest BCUT2D eigenvalue weighted by molar-refractivity contribution is -0.136. The third-order valence-corrected chi connectivity index (χ3v) is 6.28. The Balaban J connectivity index is 0.00000364. The summed E-state index contributed by atoms with van der Waals surface area (Å²) in [7, 11) is 0. The van der Waals surface area contributed by atoms with E-state index in [0.29, 0.717) is 31.8 Å². The Labute approximate surface area is 168 Å². The van der Waals surface area contributed by atoms with Crippen LogP contribution in [-0.4, -0.2) is 54.5 Å². The van der Waals surface area contributed by atoms with Gasteiger partial charge in [0.2, 0.25) is 5.91 Å². The van der Waals surface area contributed by atoms with Gasteiger partial charge in [-0.15, -0.1) is 12.4 Å². The molecule has 2 aliphatic rings. The molecule has 0 bridgehead atoms. The predicted octanol–water partition coefficient (Wildman–Crippen LogP) is 2.05. The average Bonchev–Trinajstić information content (AvgIpc) is 2.83. The molecule has 156 valence electrons. The molecule has 0 radical (unpaired) electrons. The van der Waals surface area contributed by atoms with E-state index >= 15 is 0 Å². The molecule has 27 heavy (non-hydrogen) atoms. The fraction of sp³-hybridized carbons (Fsp3) is 0.842. The summed E-state index contributed by atoms with van der Waals surface area (Å²) in [5, 5.41) is 8.73. The van der Waals surface area contributed by atoms with Crippen LogP contribution in [0.4, 0.5) is 4.79 Å². The van der Waals surface area contributed by atoms with Crippen molar-refractivity contribution in [1.29, 1.82) is 0 Å². The number of carbonyl (C=O) groups excluding carboxylic acids is 3. The first-order chi connectivity index (χ1) is 12.3. The first-order valence-electron chi connectivity index (χ1n) is 9.87. The molecule has 1 saturated carbocycles. The monoisotopic (exact) mass is 402 g/mol. The van der Waals surface area contributed by atoms with Crippen molar-refractivity contribution in [3.63, 3.8) is 0 Å². The fourth-order valence-corrected chi connectivity index (χ4v) is 4.01. The molecule has 2 fully saturated rings. The number of hydrogen-bond donors (Lipinski definition) is 3. The highest BCUT2D eigenvalue weighted by molar-refractivity contribution is 6.09. The largest absolute Gasteiger partial charge is 0.353 e. The van der Waals surface area contributed by atoms with Crippen LogP contribution in [0.2, 0.25) is 0 Å². The van der Waals surface area contributed by atoms with Crippen LogP contribution in [0.15, 0.2) is 0 Å². The van der Waals surface area contributed by atoms with Gasteiger partial charge < -0.3 is 16.0 Å². The van der Waals surface area contributed by atoms with E-state index in [1.807, 2.05) is 6.92 Å². The van der Waals surface area contributed by atoms with Gasteiger partial charge in [-0.2, -0.15) is 0 Å². The molecule has 0 unspecified atom stereocenters. The topological polar surface area (TPSA) is 90.5 Å². The number of rotatable bonds is 8. The van der Waals surface area contributed by atoms with E-state index < -0.39 is 11.6 Å². The number of nitrogens with one attached hydrogen (secondary N) is 3. The van der Waals surface area contributed by atoms with Crippen LogP contribution in [-0.2, 0) is 9.59 Å². The van der Waals surface area contributed by atoms with Crippen molar-refractivity contribution < 1.29 is 14.4 Å². The molecule has 2 rings (SSSR count). The lowest BCUT2D eigenvalue weighted by Crippen LogP contribution is -2.51. The molecule has 0 aromatic heterocycles. The van der Waals surface area contributed by atoms with Crippen LogP contribution in [0.25, 0.3) is 0 Å². The quantitative estimate of drug-likeness (QED) is 0.428. The van der Waals surface area contributed by atoms with Gasteiger partial charge in [0.25, 0.3) is 5.91 Å². The second-order valence-electron chi connectivity index (χ2n) is 8.22. The van der Waals surface area contributed by atoms with Gasteiger partial charge in [0.15, 0.2) is 0 Å². The van der Waals surface area contributed by atoms with Crippen molar-refractivity contribution in [3.8, 4) is 0 Å². The highest BCUT2D eigenvalue weighted by Crippen LogP contribution is 2.45. The van der Waals surface area contributed by atoms with Crippen molar-refractivity contribution in [2.45, 2.75) is 65.3 Å². The van der Waals surface area contributed by atoms with Gasteiger partial charge in [-0.1, -0.05) is 34.1 Å². The minimum atomic E-state index is -0.804. The zero-order valence-electron chi connectivity index (χ0n) is 17.0. The first kappa shape index (κ1) is 23.7. The minimum absolute atomic E-state index is 0. The van der Waals surface area contributed by atoms with Crippen LogP contribution in [0.3, 0.4) is 0 Å². The standard InChI is InChI=1S/C19H34N4O3.ClH/c1-5-18(3,4)14-7-9-19(10-8-14)16(25)23(17(26)22-19)13-15(24)21-12-11-20-6-2;/h14,20H,5-13H2,1-4H3,(H,21,24)(H,22,26);1H. The molecule has 0 atom stereocenters. The van der Waals surface area contributed by atoms with Crippen LogP contribution < -0.4 is 16.0 Å². The summed E-state index contributed by atoms with van der Waals surface area (Å²) in [6.45, 7) is 10.5. The molecule has 1 aliphatic heterocycles. The highest BCUT2D eigenvalue weighted by Gasteiger charge is 2.53. The number of urea groups is 1. The Morgan fingerprint density at radius 1 is 1.22 bits per heavy atom. The van der Waals surface area contributed by atoms with E-state index in [1.165, 1.54) is 0 Å². The van der Waals surface area contributed by atoms with Crippen LogP contribution in [0.1, 0.15) is 59.8 Å². The van der Waals surface area contributed by atoms with Crippen molar-refractivity contribution in [1.82, 2.24) is 20.9 Å². The zero-order chi connectivity index (χ0) is 19.4. The number of hydrogen-bond acceptors (Lipinski definition) is 4. The van der Waals surface area contributed by atoms with Crippen molar-refractivity contribution in [3.05, 3.63) is 0 Å². The normalized spacial score (nSPS) is 25.3. The molecule has 1 heterocycles. The average molecular weight is 403 g/mol. The molecule has 0 aromatic carbocycles. The maximum Gasteiger partial charge on any atom is 0.325 e. The summed E-state index contributed by atoms with van der Waals surface area (Å²) in [6.07, 6.45) is 4.27. The Kier molecular flexibility index (Phi) is 8.54. The zero-order valence-corrected chi connectivity index (χ0v) is 17.8. The number of likely N-dealkylation sites (N-methyl/N-ethyl adjacent to an activating group) is 1. The Hall–Kier alpha value is -1.34. The van der Waals surface area contributed by atoms with Crippen molar-refractivity contribution in [2.75, 3.05) is 26.2 Å². The van der Waals surface area contributed by atoms with E-state index in [9.17, 15) is 14.4 Å². The molecule has 3 N–H and O–H groups in total. The summed E-state index contributed by atoms with van der Waals surface area (Å²) in [4.78, 5) is 38.3. The fourth-order valence-electron chi connectivity index (χ4n) is 4.01. The number of nitrogens with zero attached hydrogens (tertiary/aromatic N) is 1. The van der Waals surface area contributed by atoms with Crippen molar-refractivity contribution >= 4 is 30.3 Å². The maximum atomic E-state index is 12.9. The second kappa shape index (κ2) is 9.73. The highest BCUT2D eigenvalue weighted by atomic mass is 35.5. The molecular formula is C19H35ClN4O3. The Morgan fingerprint density at radius 3 is 2.41 bits per heavy atom. The molecule has 7 nitrogen and oxygen atoms in total. The van der Waals surface area contributed by atoms with Gasteiger partial charge in [0.05, 0.1) is 0 Å². The van der Waals surface area contributed by atoms with E-state index in [4.69, 9.17) is 0 Å². The second-order valence-corrected chi connectivity index (χ2v) is 8.22. The van der Waals surface area contributed by atoms with Gasteiger partial charge in [-0.25, -0.2) is 4.79 Å². The summed E-state index contributed by atoms with van der Waals surface area (Å²) in [5.41, 5.74) is -0.555. The van der Waals surface area contributed by atoms with Gasteiger partial charge in [-0.05, 0) is 43.6 Å². The van der Waals surface area contributed by atoms with Crippen LogP contribution in [0.5, 0.6) is 0 Å². The van der Waals surface area contributed by atoms with Crippen molar-refractivity contribution in [2.24, 2.45) is 11.3 Å². The number of carbonyl (C=O) groups is 3. The number of imide groups is 1. The SMILES string of the molecule is CCNCCNC(=O)CN1C(=O)NC2(CCC(C(C)(C)CC)CC2)C1=O.Cl. The molecule has 1 spiro atoms. The summed E-state index contributed by atoms with van der Waals surface area (Å²) in [6, 6.07) is -0.440. The summed E-state index contributed by atoms with van der Waals surface area (Å²) >= 11 is 0. The number of halogens is 1. The first-order valence-corrected chi connectivity index (χ1v) is 9.87. The lowest BCUT2D eigenvalue weighted by atomic mass is 9.65. The molecule has 8 heteroatoms. The third kappa shape index (κ3) is 5.35. The molecular weight excluding hydrogens is 368 g/mol. The van der Waals surface area contributed by atoms with Gasteiger partial charge >= 0.3 is 6.03 Å². The van der Waals surface area contributed by atoms with E-state index in [1.54, 1.807) is 0 Å². The molecule has 0 aromatic rings. The van der Waals surface area contributed by atoms with Crippen LogP contribution >= 0.6 is 12.4 Å². The van der Waals surface area contributed by atoms with E-state index in [2.05, 4.69) is 36.7 Å². The Bertz CT molecular complexity index is 545. The van der Waals surface area contributed by atoms with Gasteiger partial charge in [0.1, 0.15) is 12.1 Å². The lowest BCUT2D eigenvalue weighted by Gasteiger charge is -2.42. The predicted molar refractivity (Wildman–Crippen MR) is 108 cm³/mol. The molecule has 1 saturated heterocycles. The van der Waals surface area contributed by atoms with E-state index in [-0.39, 0.29) is 36.2 Å². The smallest absolute Gasteiger partial charge is 0.325 e. The van der Waals surface area contributed by atoms with E-state index in [0.717, 1.165) is 30.7 Å². The third-order valence-electron chi connectivity index (χ3n) is 6.28. The maximum absolute atomic E-state index is 12.9. The molecule has 1 aliphatic carbocycles.